The summed E-state index contributed by atoms with van der Waals surface area (Å²) in [5.74, 6) is -1.05. The van der Waals surface area contributed by atoms with Gasteiger partial charge in [0.25, 0.3) is 5.91 Å². The van der Waals surface area contributed by atoms with Gasteiger partial charge in [0.15, 0.2) is 0 Å². The number of carbonyl (C=O) groups is 1. The summed E-state index contributed by atoms with van der Waals surface area (Å²) >= 11 is 7.31. The predicted octanol–water partition coefficient (Wildman–Crippen LogP) is 6.45. The molecule has 2 aliphatic rings. The third-order valence-electron chi connectivity index (χ3n) is 6.70. The number of nitrogens with zero attached hydrogens (tertiary/aromatic N) is 1. The van der Waals surface area contributed by atoms with Gasteiger partial charge in [-0.05, 0) is 67.9 Å². The minimum atomic E-state index is -1.55. The third kappa shape index (κ3) is 5.66. The molecule has 1 amide bonds. The van der Waals surface area contributed by atoms with Gasteiger partial charge in [0.05, 0.1) is 5.56 Å². The van der Waals surface area contributed by atoms with E-state index in [2.05, 4.69) is 9.62 Å². The molecule has 0 aromatic heterocycles. The lowest BCUT2D eigenvalue weighted by atomic mass is 9.92. The van der Waals surface area contributed by atoms with Crippen LogP contribution >= 0.6 is 23.5 Å². The molecule has 1 unspecified atom stereocenters. The maximum Gasteiger partial charge on any atom is 0.264 e. The summed E-state index contributed by atoms with van der Waals surface area (Å²) in [5, 5.41) is 0.359. The van der Waals surface area contributed by atoms with E-state index in [1.54, 1.807) is 12.3 Å². The average Bonchev–Trinajstić information content (AvgIpc) is 3.63. The van der Waals surface area contributed by atoms with Gasteiger partial charge in [0.1, 0.15) is 29.7 Å². The Bertz CT molecular complexity index is 1060. The molecule has 1 atom stereocenters. The molecule has 1 saturated carbocycles. The average molecular weight is 513 g/mol. The number of hydrogen-bond acceptors (Lipinski definition) is 4. The zero-order valence-corrected chi connectivity index (χ0v) is 20.7. The van der Waals surface area contributed by atoms with Crippen molar-refractivity contribution in [2.24, 2.45) is 0 Å². The Balaban J connectivity index is 1.40. The Morgan fingerprint density at radius 2 is 1.97 bits per heavy atom. The van der Waals surface area contributed by atoms with Crippen molar-refractivity contribution in [1.29, 1.82) is 0 Å². The van der Waals surface area contributed by atoms with Crippen LogP contribution in [0.1, 0.15) is 66.1 Å². The van der Waals surface area contributed by atoms with Gasteiger partial charge in [0, 0.05) is 36.5 Å². The van der Waals surface area contributed by atoms with Crippen molar-refractivity contribution in [3.63, 3.8) is 0 Å². The number of piperidine rings is 1. The van der Waals surface area contributed by atoms with Crippen molar-refractivity contribution in [2.45, 2.75) is 50.2 Å². The van der Waals surface area contributed by atoms with Crippen LogP contribution in [-0.2, 0) is 0 Å². The number of alkyl halides is 1. The third-order valence-corrected chi connectivity index (χ3v) is 7.41. The SMILES string of the molecule is CSNC(=O)c1cc(C2CC2)c(OCC2(F)CCN(C(C)c3ccc(F)cc3Cl)CC2)cc1F. The van der Waals surface area contributed by atoms with Crippen LogP contribution in [0.15, 0.2) is 30.3 Å². The summed E-state index contributed by atoms with van der Waals surface area (Å²) in [6, 6.07) is 7.00. The number of ether oxygens (including phenoxy) is 1. The molecule has 2 aromatic rings. The highest BCUT2D eigenvalue weighted by Crippen LogP contribution is 2.45. The minimum absolute atomic E-state index is 0.0275. The topological polar surface area (TPSA) is 41.6 Å². The van der Waals surface area contributed by atoms with Crippen LogP contribution in [-0.4, -0.2) is 42.4 Å². The summed E-state index contributed by atoms with van der Waals surface area (Å²) in [6.45, 7) is 2.78. The Morgan fingerprint density at radius 1 is 1.26 bits per heavy atom. The summed E-state index contributed by atoms with van der Waals surface area (Å²) in [5.41, 5.74) is -0.0101. The van der Waals surface area contributed by atoms with Gasteiger partial charge < -0.3 is 4.74 Å². The Hall–Kier alpha value is -1.90. The zero-order valence-electron chi connectivity index (χ0n) is 19.2. The van der Waals surface area contributed by atoms with Crippen LogP contribution in [0.2, 0.25) is 5.02 Å². The highest BCUT2D eigenvalue weighted by atomic mass is 35.5. The molecule has 1 saturated heterocycles. The number of benzene rings is 2. The quantitative estimate of drug-likeness (QED) is 0.413. The van der Waals surface area contributed by atoms with Crippen molar-refractivity contribution >= 4 is 29.5 Å². The summed E-state index contributed by atoms with van der Waals surface area (Å²) < 4.78 is 52.0. The first kappa shape index (κ1) is 25.2. The Morgan fingerprint density at radius 3 is 2.59 bits per heavy atom. The molecule has 184 valence electrons. The summed E-state index contributed by atoms with van der Waals surface area (Å²) in [4.78, 5) is 14.3. The second-order valence-electron chi connectivity index (χ2n) is 9.10. The molecule has 1 aliphatic carbocycles. The molecule has 0 spiro atoms. The van der Waals surface area contributed by atoms with Crippen molar-refractivity contribution < 1.29 is 22.7 Å². The molecule has 9 heteroatoms. The van der Waals surface area contributed by atoms with Crippen molar-refractivity contribution in [3.05, 3.63) is 63.7 Å². The van der Waals surface area contributed by atoms with Gasteiger partial charge in [-0.2, -0.15) is 0 Å². The van der Waals surface area contributed by atoms with E-state index in [0.29, 0.717) is 23.9 Å². The van der Waals surface area contributed by atoms with E-state index in [-0.39, 0.29) is 42.8 Å². The van der Waals surface area contributed by atoms with E-state index >= 15 is 4.39 Å². The van der Waals surface area contributed by atoms with Crippen LogP contribution in [0.3, 0.4) is 0 Å². The molecule has 0 radical (unpaired) electrons. The first-order valence-electron chi connectivity index (χ1n) is 11.4. The molecule has 1 N–H and O–H groups in total. The molecule has 4 nitrogen and oxygen atoms in total. The summed E-state index contributed by atoms with van der Waals surface area (Å²) in [7, 11) is 0. The van der Waals surface area contributed by atoms with Crippen LogP contribution in [0.5, 0.6) is 5.75 Å². The first-order valence-corrected chi connectivity index (χ1v) is 13.0. The number of likely N-dealkylation sites (tertiary alicyclic amines) is 1. The number of carbonyl (C=O) groups excluding carboxylic acids is 1. The number of hydrogen-bond donors (Lipinski definition) is 1. The lowest BCUT2D eigenvalue weighted by Gasteiger charge is -2.39. The molecule has 4 rings (SSSR count). The van der Waals surface area contributed by atoms with Gasteiger partial charge in [0.2, 0.25) is 0 Å². The number of rotatable bonds is 8. The van der Waals surface area contributed by atoms with E-state index in [1.807, 2.05) is 6.92 Å². The maximum atomic E-state index is 15.6. The molecule has 1 aliphatic heterocycles. The normalized spacial score (nSPS) is 19.0. The largest absolute Gasteiger partial charge is 0.490 e. The van der Waals surface area contributed by atoms with Crippen molar-refractivity contribution in [2.75, 3.05) is 26.0 Å². The molecular weight excluding hydrogens is 485 g/mol. The minimum Gasteiger partial charge on any atom is -0.490 e. The standard InChI is InChI=1S/C25H28ClF3N2O2S/c1-15(18-6-5-17(27)11-21(18)26)31-9-7-25(29,8-10-31)14-33-23-13-22(28)20(24(32)30-34-2)12-19(23)16-3-4-16/h5-6,11-13,15-16H,3-4,7-10,14H2,1-2H3,(H,30,32). The fourth-order valence-corrected chi connectivity index (χ4v) is 5.05. The Kier molecular flexibility index (Phi) is 7.69. The van der Waals surface area contributed by atoms with E-state index in [0.717, 1.165) is 35.9 Å². The smallest absolute Gasteiger partial charge is 0.264 e. The highest BCUT2D eigenvalue weighted by Gasteiger charge is 2.38. The molecule has 2 aromatic carbocycles. The van der Waals surface area contributed by atoms with E-state index < -0.39 is 17.4 Å². The van der Waals surface area contributed by atoms with Crippen molar-refractivity contribution in [1.82, 2.24) is 9.62 Å². The zero-order chi connectivity index (χ0) is 24.5. The lowest BCUT2D eigenvalue weighted by molar-refractivity contribution is 0.00615. The summed E-state index contributed by atoms with van der Waals surface area (Å²) in [6.07, 6.45) is 4.07. The van der Waals surface area contributed by atoms with Crippen LogP contribution < -0.4 is 9.46 Å². The number of nitrogens with one attached hydrogen (secondary N) is 1. The van der Waals surface area contributed by atoms with Crippen LogP contribution in [0, 0.1) is 11.6 Å². The molecule has 34 heavy (non-hydrogen) atoms. The van der Waals surface area contributed by atoms with E-state index in [4.69, 9.17) is 16.3 Å². The maximum absolute atomic E-state index is 15.6. The molecule has 1 heterocycles. The number of halogens is 4. The van der Waals surface area contributed by atoms with Crippen LogP contribution in [0.25, 0.3) is 0 Å². The van der Waals surface area contributed by atoms with Gasteiger partial charge >= 0.3 is 0 Å². The van der Waals surface area contributed by atoms with Crippen molar-refractivity contribution in [3.8, 4) is 5.75 Å². The van der Waals surface area contributed by atoms with E-state index in [1.165, 1.54) is 24.3 Å². The Labute approximate surface area is 207 Å². The van der Waals surface area contributed by atoms with Gasteiger partial charge in [-0.1, -0.05) is 29.6 Å². The van der Waals surface area contributed by atoms with Crippen LogP contribution in [0.4, 0.5) is 13.2 Å². The fourth-order valence-electron chi connectivity index (χ4n) is 4.43. The predicted molar refractivity (Wildman–Crippen MR) is 129 cm³/mol. The molecule has 0 bridgehead atoms. The van der Waals surface area contributed by atoms with E-state index in [9.17, 15) is 13.6 Å². The van der Waals surface area contributed by atoms with Gasteiger partial charge in [-0.15, -0.1) is 0 Å². The lowest BCUT2D eigenvalue weighted by Crippen LogP contribution is -2.45. The molecule has 2 fully saturated rings. The molecular formula is C25H28ClF3N2O2S. The van der Waals surface area contributed by atoms with Gasteiger partial charge in [-0.3, -0.25) is 14.4 Å². The second-order valence-corrected chi connectivity index (χ2v) is 10.1. The number of amides is 1. The highest BCUT2D eigenvalue weighted by molar-refractivity contribution is 7.97. The fraction of sp³-hybridized carbons (Fsp3) is 0.480. The monoisotopic (exact) mass is 512 g/mol. The second kappa shape index (κ2) is 10.4. The van der Waals surface area contributed by atoms with Gasteiger partial charge in [-0.25, -0.2) is 13.2 Å². The first-order chi connectivity index (χ1) is 16.2.